The van der Waals surface area contributed by atoms with Gasteiger partial charge >= 0.3 is 0 Å². The van der Waals surface area contributed by atoms with Gasteiger partial charge in [-0.2, -0.15) is 0 Å². The Morgan fingerprint density at radius 2 is 1.74 bits per heavy atom. The Morgan fingerprint density at radius 1 is 1.02 bits per heavy atom. The van der Waals surface area contributed by atoms with E-state index in [1.807, 2.05) is 0 Å². The number of carbonyl (C=O) groups is 1. The Balaban J connectivity index is 1.40. The number of aliphatic hydroxyl groups is 5. The minimum absolute atomic E-state index is 0.0868. The number of nitrogens with two attached hydrogens (primary N) is 4. The van der Waals surface area contributed by atoms with Crippen LogP contribution in [0.3, 0.4) is 0 Å². The highest BCUT2D eigenvalue weighted by atomic mass is 16.7. The highest BCUT2D eigenvalue weighted by molar-refractivity contribution is 5.86. The second kappa shape index (κ2) is 13.1. The van der Waals surface area contributed by atoms with E-state index in [-0.39, 0.29) is 43.5 Å². The Labute approximate surface area is 244 Å². The van der Waals surface area contributed by atoms with Crippen molar-refractivity contribution in [2.45, 2.75) is 123 Å². The van der Waals surface area contributed by atoms with Crippen molar-refractivity contribution in [1.29, 1.82) is 0 Å². The molecule has 3 saturated heterocycles. The molecule has 42 heavy (non-hydrogen) atoms. The molecule has 5 rings (SSSR count). The second-order valence-electron chi connectivity index (χ2n) is 12.8. The van der Waals surface area contributed by atoms with Crippen LogP contribution in [0, 0.1) is 5.92 Å². The Hall–Kier alpha value is -1.09. The molecule has 5 fully saturated rings. The molecule has 0 aromatic rings. The van der Waals surface area contributed by atoms with Gasteiger partial charge < -0.3 is 78.6 Å². The lowest BCUT2D eigenvalue weighted by molar-refractivity contribution is -0.306. The minimum atomic E-state index is -1.65. The smallest absolute Gasteiger partial charge is 0.252 e. The highest BCUT2D eigenvalue weighted by Crippen LogP contribution is 2.38. The first-order valence-electron chi connectivity index (χ1n) is 15.0. The molecule has 13 atom stereocenters. The number of hydrogen-bond acceptors (Lipinski definition) is 15. The summed E-state index contributed by atoms with van der Waals surface area (Å²) in [6.45, 7) is 1.33. The van der Waals surface area contributed by atoms with Gasteiger partial charge in [-0.1, -0.05) is 0 Å². The van der Waals surface area contributed by atoms with E-state index in [2.05, 4.69) is 16.0 Å². The lowest BCUT2D eigenvalue weighted by Crippen LogP contribution is -2.71. The van der Waals surface area contributed by atoms with Gasteiger partial charge in [0.05, 0.1) is 37.0 Å². The Kier molecular flexibility index (Phi) is 10.1. The third-order valence-electron chi connectivity index (χ3n) is 9.73. The third-order valence-corrected chi connectivity index (χ3v) is 9.73. The number of rotatable bonds is 9. The number of carbonyl (C=O) groups excluding carboxylic acids is 1. The lowest BCUT2D eigenvalue weighted by atomic mass is 9.71. The van der Waals surface area contributed by atoms with Gasteiger partial charge in [-0.05, 0) is 19.3 Å². The summed E-state index contributed by atoms with van der Waals surface area (Å²) < 4.78 is 18.2. The molecular weight excluding hydrogens is 554 g/mol. The van der Waals surface area contributed by atoms with Crippen LogP contribution < -0.4 is 38.9 Å². The summed E-state index contributed by atoms with van der Waals surface area (Å²) in [4.78, 5) is 13.1. The van der Waals surface area contributed by atoms with Crippen LogP contribution >= 0.6 is 0 Å². The van der Waals surface area contributed by atoms with E-state index in [9.17, 15) is 30.3 Å². The molecule has 242 valence electrons. The molecule has 1 amide bonds. The van der Waals surface area contributed by atoms with Gasteiger partial charge in [0, 0.05) is 62.6 Å². The van der Waals surface area contributed by atoms with E-state index in [0.717, 1.165) is 25.9 Å². The van der Waals surface area contributed by atoms with Crippen molar-refractivity contribution >= 4 is 5.91 Å². The molecule has 16 nitrogen and oxygen atoms in total. The van der Waals surface area contributed by atoms with Crippen LogP contribution in [0.4, 0.5) is 0 Å². The quantitative estimate of drug-likeness (QED) is 0.117. The summed E-state index contributed by atoms with van der Waals surface area (Å²) >= 11 is 0. The van der Waals surface area contributed by atoms with Crippen LogP contribution in [0.5, 0.6) is 0 Å². The van der Waals surface area contributed by atoms with Crippen LogP contribution in [0.15, 0.2) is 0 Å². The largest absolute Gasteiger partial charge is 0.394 e. The van der Waals surface area contributed by atoms with Crippen LogP contribution in [0.2, 0.25) is 0 Å². The summed E-state index contributed by atoms with van der Waals surface area (Å²) in [5, 5.41) is 63.1. The van der Waals surface area contributed by atoms with E-state index in [1.165, 1.54) is 0 Å². The lowest BCUT2D eigenvalue weighted by Gasteiger charge is -2.52. The molecule has 16 heteroatoms. The molecule has 2 saturated carbocycles. The van der Waals surface area contributed by atoms with Gasteiger partial charge in [0.1, 0.15) is 30.0 Å². The third kappa shape index (κ3) is 6.34. The molecule has 0 aromatic heterocycles. The summed E-state index contributed by atoms with van der Waals surface area (Å²) in [6, 6.07) is -2.95. The molecule has 0 radical (unpaired) electrons. The predicted molar refractivity (Wildman–Crippen MR) is 147 cm³/mol. The molecule has 3 heterocycles. The van der Waals surface area contributed by atoms with Gasteiger partial charge in [-0.25, -0.2) is 0 Å². The molecule has 0 aromatic carbocycles. The maximum atomic E-state index is 13.1. The van der Waals surface area contributed by atoms with Crippen molar-refractivity contribution < 1.29 is 44.5 Å². The van der Waals surface area contributed by atoms with Gasteiger partial charge in [0.15, 0.2) is 6.29 Å². The molecule has 3 aliphatic heterocycles. The van der Waals surface area contributed by atoms with Crippen molar-refractivity contribution in [3.63, 3.8) is 0 Å². The summed E-state index contributed by atoms with van der Waals surface area (Å²) in [5.41, 5.74) is 22.8. The number of aliphatic hydroxyl groups excluding tert-OH is 4. The molecular formula is C26H49N7O9. The van der Waals surface area contributed by atoms with E-state index >= 15 is 0 Å². The van der Waals surface area contributed by atoms with Crippen LogP contribution in [0.25, 0.3) is 0 Å². The topological polar surface area (TPSA) is 286 Å². The Morgan fingerprint density at radius 3 is 2.33 bits per heavy atom. The standard InChI is InChI=1S/C26H49N7O9/c27-6-12-1-2-14(32-11-7-31-8-11)22(40-12)17-13(29)3-15(33-25(38)26(39)4-10(28)5-26)23(20(17)36)42-24-21(37)18(30)19(35)16(9-34)41-24/h10-24,31-32,34-37,39H,1-9,27-30H2,(H,33,38)/t10?,12-,13-,14+,15+,16+,17?,18-,19+,20-,21+,22-,23-,24+,26?/m0/s1. The summed E-state index contributed by atoms with van der Waals surface area (Å²) in [5.74, 6) is -1.34. The average Bonchev–Trinajstić information content (AvgIpc) is 2.92. The maximum Gasteiger partial charge on any atom is 0.252 e. The molecule has 2 aliphatic carbocycles. The van der Waals surface area contributed by atoms with Crippen molar-refractivity contribution in [2.24, 2.45) is 28.9 Å². The van der Waals surface area contributed by atoms with Crippen molar-refractivity contribution in [1.82, 2.24) is 16.0 Å². The zero-order valence-electron chi connectivity index (χ0n) is 23.7. The first kappa shape index (κ1) is 32.3. The van der Waals surface area contributed by atoms with E-state index < -0.39 is 85.1 Å². The van der Waals surface area contributed by atoms with Crippen LogP contribution in [0.1, 0.15) is 32.1 Å². The fourth-order valence-corrected chi connectivity index (χ4v) is 7.06. The molecule has 0 bridgehead atoms. The average molecular weight is 604 g/mol. The monoisotopic (exact) mass is 603 g/mol. The molecule has 16 N–H and O–H groups in total. The normalized spacial score (nSPS) is 50.0. The van der Waals surface area contributed by atoms with Crippen molar-refractivity contribution in [2.75, 3.05) is 26.2 Å². The van der Waals surface area contributed by atoms with Gasteiger partial charge in [0.25, 0.3) is 5.91 Å². The van der Waals surface area contributed by atoms with Crippen molar-refractivity contribution in [3.8, 4) is 0 Å². The molecule has 0 spiro atoms. The van der Waals surface area contributed by atoms with E-state index in [1.54, 1.807) is 0 Å². The van der Waals surface area contributed by atoms with E-state index in [0.29, 0.717) is 6.54 Å². The first-order chi connectivity index (χ1) is 19.9. The van der Waals surface area contributed by atoms with Gasteiger partial charge in [-0.15, -0.1) is 0 Å². The highest BCUT2D eigenvalue weighted by Gasteiger charge is 2.55. The van der Waals surface area contributed by atoms with E-state index in [4.69, 9.17) is 37.1 Å². The Bertz CT molecular complexity index is 927. The SMILES string of the molecule is NC[C@@H]1CC[C@@H](NC2CNC2)[C@@H](C2[C@@H](N)C[C@@H](NC(=O)C3(O)CC(N)C3)[C@H](O[C@H]3O[C@H](CO)[C@@H](O)[C@H](N)[C@H]3O)[C@H]2O)O1. The number of amides is 1. The van der Waals surface area contributed by atoms with Gasteiger partial charge in [-0.3, -0.25) is 4.79 Å². The maximum absolute atomic E-state index is 13.1. The predicted octanol–water partition coefficient (Wildman–Crippen LogP) is -6.38. The van der Waals surface area contributed by atoms with Crippen LogP contribution in [-0.2, 0) is 19.0 Å². The minimum Gasteiger partial charge on any atom is -0.394 e. The number of ether oxygens (including phenoxy) is 3. The fourth-order valence-electron chi connectivity index (χ4n) is 7.06. The molecule has 1 unspecified atom stereocenters. The second-order valence-corrected chi connectivity index (χ2v) is 12.8. The number of hydrogen-bond donors (Lipinski definition) is 12. The fraction of sp³-hybridized carbons (Fsp3) is 0.962. The summed E-state index contributed by atoms with van der Waals surface area (Å²) in [7, 11) is 0. The number of nitrogens with one attached hydrogen (secondary N) is 3. The summed E-state index contributed by atoms with van der Waals surface area (Å²) in [6.07, 6.45) is -6.93. The van der Waals surface area contributed by atoms with Crippen molar-refractivity contribution in [3.05, 3.63) is 0 Å². The van der Waals surface area contributed by atoms with Gasteiger partial charge in [0.2, 0.25) is 0 Å². The first-order valence-corrected chi connectivity index (χ1v) is 15.0. The molecule has 5 aliphatic rings. The zero-order chi connectivity index (χ0) is 30.3. The van der Waals surface area contributed by atoms with Crippen LogP contribution in [-0.4, -0.2) is 149 Å². The zero-order valence-corrected chi connectivity index (χ0v) is 23.7.